The molecule has 6 nitrogen and oxygen atoms in total. The third-order valence-electron chi connectivity index (χ3n) is 4.90. The van der Waals surface area contributed by atoms with Crippen molar-refractivity contribution in [2.24, 2.45) is 0 Å². The number of nitrogens with zero attached hydrogens (tertiary/aromatic N) is 3. The van der Waals surface area contributed by atoms with Crippen LogP contribution in [0.5, 0.6) is 0 Å². The van der Waals surface area contributed by atoms with Crippen molar-refractivity contribution < 1.29 is 9.90 Å². The number of carbonyl (C=O) groups is 1. The zero-order chi connectivity index (χ0) is 20.0. The van der Waals surface area contributed by atoms with Gasteiger partial charge in [0, 0.05) is 28.5 Å². The first kappa shape index (κ1) is 17.5. The Morgan fingerprint density at radius 2 is 2.00 bits per heavy atom. The summed E-state index contributed by atoms with van der Waals surface area (Å²) in [6.07, 6.45) is 3.52. The van der Waals surface area contributed by atoms with Crippen molar-refractivity contribution in [1.29, 1.82) is 0 Å². The van der Waals surface area contributed by atoms with Crippen LogP contribution in [0.2, 0.25) is 5.02 Å². The Kier molecular flexibility index (Phi) is 4.07. The quantitative estimate of drug-likeness (QED) is 0.442. The summed E-state index contributed by atoms with van der Waals surface area (Å²) in [7, 11) is 0. The number of hydrogen-bond acceptors (Lipinski definition) is 4. The highest BCUT2D eigenvalue weighted by Crippen LogP contribution is 2.29. The van der Waals surface area contributed by atoms with Crippen LogP contribution in [0.3, 0.4) is 0 Å². The molecular formula is C22H15ClN4O2. The Morgan fingerprint density at radius 3 is 2.83 bits per heavy atom. The van der Waals surface area contributed by atoms with Crippen molar-refractivity contribution in [3.8, 4) is 0 Å². The van der Waals surface area contributed by atoms with Gasteiger partial charge in [-0.2, -0.15) is 0 Å². The SMILES string of the molecule is O=C(O)c1ccc2c(c1)cc1nc(NCc3cccc(Cl)c3)c3ccncc3n12. The highest BCUT2D eigenvalue weighted by molar-refractivity contribution is 6.30. The van der Waals surface area contributed by atoms with Gasteiger partial charge in [-0.25, -0.2) is 9.78 Å². The van der Waals surface area contributed by atoms with Gasteiger partial charge in [0.2, 0.25) is 0 Å². The lowest BCUT2D eigenvalue weighted by atomic mass is 10.1. The molecule has 7 heteroatoms. The summed E-state index contributed by atoms with van der Waals surface area (Å²) >= 11 is 6.08. The van der Waals surface area contributed by atoms with Gasteiger partial charge in [-0.15, -0.1) is 0 Å². The fraction of sp³-hybridized carbons (Fsp3) is 0.0455. The minimum atomic E-state index is -0.953. The van der Waals surface area contributed by atoms with E-state index >= 15 is 0 Å². The lowest BCUT2D eigenvalue weighted by Crippen LogP contribution is -2.04. The second-order valence-electron chi connectivity index (χ2n) is 6.75. The highest BCUT2D eigenvalue weighted by Gasteiger charge is 2.13. The average molecular weight is 403 g/mol. The number of carboxylic acids is 1. The standard InChI is InChI=1S/C22H15ClN4O2/c23-16-3-1-2-13(8-16)11-25-21-17-6-7-24-12-19(17)27-18-5-4-14(22(28)29)9-15(18)10-20(27)26-21/h1-10,12H,11H2,(H,25,26)(H,28,29). The normalized spacial score (nSPS) is 11.3. The van der Waals surface area contributed by atoms with E-state index in [1.807, 2.05) is 40.8 Å². The molecule has 0 saturated heterocycles. The van der Waals surface area contributed by atoms with E-state index in [0.717, 1.165) is 38.8 Å². The van der Waals surface area contributed by atoms with Gasteiger partial charge in [0.1, 0.15) is 11.5 Å². The molecule has 29 heavy (non-hydrogen) atoms. The van der Waals surface area contributed by atoms with Gasteiger partial charge in [-0.05, 0) is 48.0 Å². The first-order valence-corrected chi connectivity index (χ1v) is 9.38. The number of aromatic carboxylic acids is 1. The lowest BCUT2D eigenvalue weighted by molar-refractivity contribution is 0.0697. The monoisotopic (exact) mass is 402 g/mol. The fourth-order valence-electron chi connectivity index (χ4n) is 3.58. The molecule has 3 heterocycles. The smallest absolute Gasteiger partial charge is 0.335 e. The molecule has 0 radical (unpaired) electrons. The van der Waals surface area contributed by atoms with E-state index in [2.05, 4.69) is 10.3 Å². The van der Waals surface area contributed by atoms with Crippen LogP contribution < -0.4 is 5.32 Å². The molecule has 0 aliphatic carbocycles. The Labute approximate surface area is 170 Å². The van der Waals surface area contributed by atoms with Crippen LogP contribution in [-0.4, -0.2) is 25.4 Å². The molecular weight excluding hydrogens is 388 g/mol. The lowest BCUT2D eigenvalue weighted by Gasteiger charge is -2.11. The van der Waals surface area contributed by atoms with Crippen molar-refractivity contribution in [1.82, 2.24) is 14.4 Å². The first-order chi connectivity index (χ1) is 14.1. The van der Waals surface area contributed by atoms with Crippen LogP contribution in [0, 0.1) is 0 Å². The van der Waals surface area contributed by atoms with E-state index < -0.39 is 5.97 Å². The van der Waals surface area contributed by atoms with E-state index in [4.69, 9.17) is 16.6 Å². The van der Waals surface area contributed by atoms with Gasteiger partial charge >= 0.3 is 5.97 Å². The number of nitrogens with one attached hydrogen (secondary N) is 1. The zero-order valence-electron chi connectivity index (χ0n) is 15.1. The molecule has 5 aromatic rings. The van der Waals surface area contributed by atoms with Gasteiger partial charge in [0.05, 0.1) is 22.8 Å². The number of aromatic nitrogens is 3. The molecule has 2 N–H and O–H groups in total. The van der Waals surface area contributed by atoms with Crippen molar-refractivity contribution >= 4 is 50.8 Å². The number of pyridine rings is 1. The molecule has 5 rings (SSSR count). The third kappa shape index (κ3) is 3.03. The highest BCUT2D eigenvalue weighted by atomic mass is 35.5. The number of hydrogen-bond donors (Lipinski definition) is 2. The number of anilines is 1. The molecule has 0 atom stereocenters. The number of carboxylic acid groups (broad SMARTS) is 1. The predicted molar refractivity (Wildman–Crippen MR) is 114 cm³/mol. The van der Waals surface area contributed by atoms with Crippen LogP contribution in [-0.2, 0) is 6.54 Å². The molecule has 2 aromatic carbocycles. The number of halogens is 1. The van der Waals surface area contributed by atoms with Crippen molar-refractivity contribution in [2.45, 2.75) is 6.54 Å². The van der Waals surface area contributed by atoms with Gasteiger partial charge in [0.25, 0.3) is 0 Å². The molecule has 0 amide bonds. The Balaban J connectivity index is 1.67. The van der Waals surface area contributed by atoms with E-state index in [1.165, 1.54) is 0 Å². The maximum absolute atomic E-state index is 11.3. The summed E-state index contributed by atoms with van der Waals surface area (Å²) in [5.41, 5.74) is 3.79. The number of benzene rings is 2. The topological polar surface area (TPSA) is 79.5 Å². The summed E-state index contributed by atoms with van der Waals surface area (Å²) in [6, 6.07) is 16.5. The Bertz CT molecular complexity index is 1410. The predicted octanol–water partition coefficient (Wildman–Crippen LogP) is 5.00. The molecule has 0 aliphatic heterocycles. The van der Waals surface area contributed by atoms with E-state index in [0.29, 0.717) is 11.6 Å². The van der Waals surface area contributed by atoms with Crippen LogP contribution in [0.1, 0.15) is 15.9 Å². The van der Waals surface area contributed by atoms with Gasteiger partial charge in [-0.3, -0.25) is 9.38 Å². The minimum Gasteiger partial charge on any atom is -0.478 e. The number of rotatable bonds is 4. The molecule has 0 saturated carbocycles. The molecule has 0 unspecified atom stereocenters. The van der Waals surface area contributed by atoms with Crippen molar-refractivity contribution in [2.75, 3.05) is 5.32 Å². The fourth-order valence-corrected chi connectivity index (χ4v) is 3.79. The second kappa shape index (κ2) is 6.76. The third-order valence-corrected chi connectivity index (χ3v) is 5.14. The van der Waals surface area contributed by atoms with Gasteiger partial charge in [-0.1, -0.05) is 23.7 Å². The van der Waals surface area contributed by atoms with Crippen LogP contribution >= 0.6 is 11.6 Å². The molecule has 0 spiro atoms. The molecule has 0 aliphatic rings. The molecule has 0 bridgehead atoms. The zero-order valence-corrected chi connectivity index (χ0v) is 15.9. The summed E-state index contributed by atoms with van der Waals surface area (Å²) in [4.78, 5) is 20.4. The second-order valence-corrected chi connectivity index (χ2v) is 7.19. The summed E-state index contributed by atoms with van der Waals surface area (Å²) in [6.45, 7) is 0.574. The summed E-state index contributed by atoms with van der Waals surface area (Å²) in [5, 5.41) is 15.1. The summed E-state index contributed by atoms with van der Waals surface area (Å²) < 4.78 is 1.99. The molecule has 142 valence electrons. The van der Waals surface area contributed by atoms with E-state index in [-0.39, 0.29) is 5.56 Å². The minimum absolute atomic E-state index is 0.246. The van der Waals surface area contributed by atoms with Gasteiger partial charge in [0.15, 0.2) is 0 Å². The molecule has 0 fully saturated rings. The largest absolute Gasteiger partial charge is 0.478 e. The Hall–Kier alpha value is -3.64. The van der Waals surface area contributed by atoms with E-state index in [9.17, 15) is 9.90 Å². The van der Waals surface area contributed by atoms with Gasteiger partial charge < -0.3 is 10.4 Å². The van der Waals surface area contributed by atoms with Crippen molar-refractivity contribution in [3.05, 3.63) is 83.1 Å². The van der Waals surface area contributed by atoms with Crippen LogP contribution in [0.25, 0.3) is 27.5 Å². The Morgan fingerprint density at radius 1 is 1.10 bits per heavy atom. The maximum atomic E-state index is 11.3. The molecule has 3 aromatic heterocycles. The van der Waals surface area contributed by atoms with E-state index in [1.54, 1.807) is 30.6 Å². The first-order valence-electron chi connectivity index (χ1n) is 9.01. The maximum Gasteiger partial charge on any atom is 0.335 e. The number of fused-ring (bicyclic) bond motifs is 5. The van der Waals surface area contributed by atoms with Crippen molar-refractivity contribution in [3.63, 3.8) is 0 Å². The van der Waals surface area contributed by atoms with Crippen LogP contribution in [0.15, 0.2) is 67.0 Å². The summed E-state index contributed by atoms with van der Waals surface area (Å²) in [5.74, 6) is -0.221. The van der Waals surface area contributed by atoms with Crippen LogP contribution in [0.4, 0.5) is 5.82 Å². The average Bonchev–Trinajstić information content (AvgIpc) is 3.09.